The van der Waals surface area contributed by atoms with Crippen molar-refractivity contribution >= 4 is 37.6 Å². The third-order valence-electron chi connectivity index (χ3n) is 17.2. The Morgan fingerprint density at radius 3 is 1.70 bits per heavy atom. The molecule has 19 nitrogen and oxygen atoms in total. The topological polar surface area (TPSA) is 258 Å². The number of rotatable bonds is 21. The number of ketones is 1. The minimum Gasteiger partial charge on any atom is -0.455 e. The Morgan fingerprint density at radius 1 is 0.682 bits per heavy atom. The van der Waals surface area contributed by atoms with Crippen LogP contribution in [-0.4, -0.2) is 106 Å². The summed E-state index contributed by atoms with van der Waals surface area (Å²) in [6, 6.07) is 49.2. The third kappa shape index (κ3) is 14.6. The average Bonchev–Trinajstić information content (AvgIpc) is 0.705. The number of Topliss-reactive ketones (excluding diaryl/α,β-unsaturated/α-hetero) is 1. The van der Waals surface area contributed by atoms with Crippen LogP contribution in [-0.2, 0) is 76.0 Å². The van der Waals surface area contributed by atoms with E-state index in [1.165, 1.54) is 39.8 Å². The van der Waals surface area contributed by atoms with Gasteiger partial charge in [-0.15, -0.1) is 0 Å². The van der Waals surface area contributed by atoms with Crippen LogP contribution < -0.4 is 5.32 Å². The molecule has 88 heavy (non-hydrogen) atoms. The van der Waals surface area contributed by atoms with Crippen LogP contribution >= 0.6 is 7.82 Å². The van der Waals surface area contributed by atoms with Crippen LogP contribution in [0.5, 0.6) is 0 Å². The number of phosphoric ester groups is 1. The van der Waals surface area contributed by atoms with E-state index < -0.39 is 128 Å². The van der Waals surface area contributed by atoms with Gasteiger partial charge >= 0.3 is 25.9 Å². The number of aliphatic hydroxyl groups is 3. The molecule has 0 spiro atoms. The molecule has 22 heteroatoms. The molecule has 1 heterocycles. The summed E-state index contributed by atoms with van der Waals surface area (Å²) < 4.78 is 69.0. The fourth-order valence-electron chi connectivity index (χ4n) is 12.5. The standard InChI is InChI=1S/C66H68NO18P.2Ac/c1-42-49(83-61(72)55(84-62(73)77-37-43-23-11-5-12-24-43)53(46-29-17-8-18-30-46)67-59(70)47-31-19-9-20-32-47)36-66(75)58(85-60(71)48-33-21-10-22-34-48)56-64(4,57(69)54(68)52(42)63(66,2)3)50(35-51-65(56,74)40-78-51)79-41-82-86(76,80-38-44-25-13-6-14-26-44)81-39-45-27-15-7-16-28-45;;/h5-34,49-51,53-56,58,68,74-75H,35-41H2,1-4H3,(H,67,70);;/t49?,50?,51?,53?,54?,55?,56?,58?,64-,65+,66?;;/m1../s1. The van der Waals surface area contributed by atoms with Gasteiger partial charge in [0.05, 0.1) is 43.0 Å². The molecule has 1 aliphatic heterocycles. The van der Waals surface area contributed by atoms with Crippen LogP contribution in [0.2, 0.25) is 0 Å². The monoisotopic (exact) mass is 1650 g/mol. The van der Waals surface area contributed by atoms with Crippen molar-refractivity contribution in [3.8, 4) is 0 Å². The van der Waals surface area contributed by atoms with Gasteiger partial charge in [0.15, 0.2) is 12.6 Å². The first-order valence-electron chi connectivity index (χ1n) is 28.2. The first kappa shape index (κ1) is 69.1. The summed E-state index contributed by atoms with van der Waals surface area (Å²) in [6.45, 7) is 4.10. The number of carbonyl (C=O) groups is 5. The van der Waals surface area contributed by atoms with Gasteiger partial charge in [0.2, 0.25) is 6.10 Å². The quantitative estimate of drug-likeness (QED) is 0.0172. The molecule has 456 valence electrons. The number of esters is 2. The number of hydrogen-bond donors (Lipinski definition) is 4. The van der Waals surface area contributed by atoms with Crippen LogP contribution in [0.3, 0.4) is 0 Å². The first-order valence-corrected chi connectivity index (χ1v) is 29.7. The van der Waals surface area contributed by atoms with E-state index in [9.17, 15) is 34.3 Å². The summed E-state index contributed by atoms with van der Waals surface area (Å²) in [5.74, 6) is -5.53. The molecule has 2 radical (unpaired) electrons. The number of benzene rings is 6. The van der Waals surface area contributed by atoms with Gasteiger partial charge in [-0.05, 0) is 71.5 Å². The van der Waals surface area contributed by atoms with Crippen LogP contribution in [0.1, 0.15) is 89.5 Å². The molecule has 1 amide bonds. The first-order chi connectivity index (χ1) is 41.3. The predicted octanol–water partition coefficient (Wildman–Crippen LogP) is 9.50. The van der Waals surface area contributed by atoms with E-state index in [1.807, 2.05) is 12.1 Å². The SMILES string of the molecule is CC1=C2C(O)C(=O)[C@]3(C)C(OCOP(=O)(OCc4ccccc4)OCc4ccccc4)CC4OC[C@@]4(O)C3C(OC(=O)c3ccccc3)C(O)(CC1OC(=O)C(OC(=O)OCc1ccccc1)C(NC(=O)c1ccccc1)c1ccccc1)C2(C)C.[Ac].[Ac]. The Bertz CT molecular complexity index is 3420. The average molecular weight is 1650 g/mol. The zero-order chi connectivity index (χ0) is 60.9. The largest absolute Gasteiger partial charge is 0.509 e. The van der Waals surface area contributed by atoms with Gasteiger partial charge in [-0.2, -0.15) is 0 Å². The van der Waals surface area contributed by atoms with Gasteiger partial charge in [0, 0.05) is 118 Å². The maximum atomic E-state index is 16.0. The number of fused-ring (bicyclic) bond motifs is 5. The van der Waals surface area contributed by atoms with E-state index in [1.54, 1.807) is 158 Å². The summed E-state index contributed by atoms with van der Waals surface area (Å²) in [4.78, 5) is 74.0. The Labute approximate surface area is 581 Å². The van der Waals surface area contributed by atoms with E-state index in [0.29, 0.717) is 22.3 Å². The fourth-order valence-corrected chi connectivity index (χ4v) is 13.5. The molecule has 9 unspecified atom stereocenters. The van der Waals surface area contributed by atoms with Gasteiger partial charge in [-0.25, -0.2) is 18.9 Å². The maximum Gasteiger partial charge on any atom is 0.509 e. The molecule has 4 aliphatic rings. The van der Waals surface area contributed by atoms with E-state index in [2.05, 4.69) is 5.32 Å². The molecule has 2 saturated carbocycles. The number of amides is 1. The predicted molar refractivity (Wildman–Crippen MR) is 309 cm³/mol. The van der Waals surface area contributed by atoms with Crippen LogP contribution in [0.25, 0.3) is 0 Å². The Balaban J connectivity index is 0.00000501. The number of carbonyl (C=O) groups excluding carboxylic acids is 5. The minimum absolute atomic E-state index is 0. The van der Waals surface area contributed by atoms with Gasteiger partial charge in [0.1, 0.15) is 42.2 Å². The van der Waals surface area contributed by atoms with Gasteiger partial charge in [-0.3, -0.25) is 23.2 Å². The molecule has 10 rings (SSSR count). The van der Waals surface area contributed by atoms with E-state index >= 15 is 9.59 Å². The second kappa shape index (κ2) is 29.7. The Kier molecular flexibility index (Phi) is 23.3. The van der Waals surface area contributed by atoms with Crippen molar-refractivity contribution in [3.05, 3.63) is 227 Å². The number of hydrogen-bond acceptors (Lipinski definition) is 18. The minimum atomic E-state index is -4.51. The molecule has 0 aromatic heterocycles. The zero-order valence-corrected chi connectivity index (χ0v) is 59.3. The van der Waals surface area contributed by atoms with Crippen molar-refractivity contribution in [1.82, 2.24) is 5.32 Å². The normalized spacial score (nSPS) is 25.8. The van der Waals surface area contributed by atoms with Crippen LogP contribution in [0.4, 0.5) is 4.79 Å². The van der Waals surface area contributed by atoms with Crippen molar-refractivity contribution in [3.63, 3.8) is 0 Å². The molecule has 4 N–H and O–H groups in total. The molecule has 2 bridgehead atoms. The van der Waals surface area contributed by atoms with Gasteiger partial charge < -0.3 is 49.1 Å². The fraction of sp³-hybridized carbons (Fsp3) is 0.348. The second-order valence-corrected chi connectivity index (χ2v) is 24.3. The van der Waals surface area contributed by atoms with Crippen molar-refractivity contribution in [1.29, 1.82) is 0 Å². The molecule has 6 aromatic carbocycles. The zero-order valence-electron chi connectivity index (χ0n) is 49.0. The number of ether oxygens (including phenoxy) is 6. The maximum absolute atomic E-state index is 16.0. The van der Waals surface area contributed by atoms with Crippen LogP contribution in [0.15, 0.2) is 193 Å². The summed E-state index contributed by atoms with van der Waals surface area (Å²) >= 11 is 0. The number of aliphatic hydroxyl groups excluding tert-OH is 1. The molecular weight excluding hydrogens is 1580 g/mol. The second-order valence-electron chi connectivity index (χ2n) is 22.7. The number of phosphoric acid groups is 1. The van der Waals surface area contributed by atoms with Gasteiger partial charge in [-0.1, -0.05) is 172 Å². The molecule has 1 saturated heterocycles. The Hall–Kier alpha value is -4.80. The smallest absolute Gasteiger partial charge is 0.455 e. The van der Waals surface area contributed by atoms with E-state index in [0.717, 1.165) is 0 Å². The molecule has 3 fully saturated rings. The summed E-state index contributed by atoms with van der Waals surface area (Å²) in [5, 5.41) is 43.0. The van der Waals surface area contributed by atoms with Crippen molar-refractivity contribution in [2.75, 3.05) is 13.4 Å². The van der Waals surface area contributed by atoms with Gasteiger partial charge in [0.25, 0.3) is 5.91 Å². The summed E-state index contributed by atoms with van der Waals surface area (Å²) in [7, 11) is -4.51. The molecular formula is C66H68Ac2NO18P. The summed E-state index contributed by atoms with van der Waals surface area (Å²) in [5.41, 5.74) is -6.08. The Morgan fingerprint density at radius 2 is 1.18 bits per heavy atom. The van der Waals surface area contributed by atoms with Crippen molar-refractivity contribution in [2.45, 2.75) is 114 Å². The van der Waals surface area contributed by atoms with E-state index in [4.69, 9.17) is 42.0 Å². The van der Waals surface area contributed by atoms with E-state index in [-0.39, 0.29) is 137 Å². The molecule has 6 aromatic rings. The van der Waals surface area contributed by atoms with Crippen molar-refractivity contribution in [2.24, 2.45) is 16.7 Å². The third-order valence-corrected chi connectivity index (χ3v) is 18.5. The summed E-state index contributed by atoms with van der Waals surface area (Å²) in [6.07, 6.45) is -12.4. The molecule has 11 atom stereocenters. The van der Waals surface area contributed by atoms with Crippen LogP contribution in [0, 0.1) is 105 Å². The number of nitrogens with one attached hydrogen (secondary N) is 1. The van der Waals surface area contributed by atoms with Crippen molar-refractivity contribution < 1.29 is 174 Å². The molecule has 3 aliphatic carbocycles.